The molecule has 1 aliphatic carbocycles. The summed E-state index contributed by atoms with van der Waals surface area (Å²) in [5, 5.41) is 0. The molecule has 25 heavy (non-hydrogen) atoms. The lowest BCUT2D eigenvalue weighted by Gasteiger charge is -2.36. The van der Waals surface area contributed by atoms with Gasteiger partial charge in [-0.05, 0) is 50.0 Å². The monoisotopic (exact) mass is 340 g/mol. The first-order valence-electron chi connectivity index (χ1n) is 9.83. The molecular formula is C21H28N2O2. The van der Waals surface area contributed by atoms with Gasteiger partial charge in [0.15, 0.2) is 0 Å². The summed E-state index contributed by atoms with van der Waals surface area (Å²) in [6, 6.07) is 11.0. The lowest BCUT2D eigenvalue weighted by molar-refractivity contribution is -0.137. The number of rotatable bonds is 4. The van der Waals surface area contributed by atoms with E-state index in [1.54, 1.807) is 0 Å². The van der Waals surface area contributed by atoms with Crippen molar-refractivity contribution in [3.63, 3.8) is 0 Å². The molecule has 0 N–H and O–H groups in total. The van der Waals surface area contributed by atoms with Crippen LogP contribution in [0.5, 0.6) is 0 Å². The van der Waals surface area contributed by atoms with E-state index in [1.807, 2.05) is 9.80 Å². The second-order valence-electron chi connectivity index (χ2n) is 7.99. The smallest absolute Gasteiger partial charge is 0.227 e. The number of amides is 2. The van der Waals surface area contributed by atoms with Gasteiger partial charge in [-0.3, -0.25) is 9.59 Å². The number of hydrogen-bond donors (Lipinski definition) is 0. The number of hydrogen-bond acceptors (Lipinski definition) is 2. The highest BCUT2D eigenvalue weighted by molar-refractivity contribution is 5.89. The Hall–Kier alpha value is -1.84. The van der Waals surface area contributed by atoms with Gasteiger partial charge in [0.05, 0.1) is 5.92 Å². The van der Waals surface area contributed by atoms with Crippen molar-refractivity contribution >= 4 is 11.8 Å². The Morgan fingerprint density at radius 2 is 1.76 bits per heavy atom. The Labute approximate surface area is 150 Å². The van der Waals surface area contributed by atoms with Gasteiger partial charge in [-0.2, -0.15) is 0 Å². The average Bonchev–Trinajstić information content (AvgIpc) is 2.96. The van der Waals surface area contributed by atoms with Crippen LogP contribution in [0.3, 0.4) is 0 Å². The second kappa shape index (κ2) is 7.19. The van der Waals surface area contributed by atoms with Crippen molar-refractivity contribution in [3.05, 3.63) is 35.9 Å². The van der Waals surface area contributed by atoms with Crippen molar-refractivity contribution in [1.82, 2.24) is 9.80 Å². The molecule has 4 nitrogen and oxygen atoms in total. The molecule has 2 saturated heterocycles. The summed E-state index contributed by atoms with van der Waals surface area (Å²) >= 11 is 0. The van der Waals surface area contributed by atoms with Crippen molar-refractivity contribution < 1.29 is 9.59 Å². The first-order valence-corrected chi connectivity index (χ1v) is 9.83. The zero-order chi connectivity index (χ0) is 17.2. The molecule has 1 unspecified atom stereocenters. The van der Waals surface area contributed by atoms with Crippen LogP contribution in [0.4, 0.5) is 0 Å². The van der Waals surface area contributed by atoms with Crippen LogP contribution in [0.2, 0.25) is 0 Å². The summed E-state index contributed by atoms with van der Waals surface area (Å²) in [4.78, 5) is 29.0. The quantitative estimate of drug-likeness (QED) is 0.846. The fourth-order valence-electron chi connectivity index (χ4n) is 4.51. The van der Waals surface area contributed by atoms with E-state index in [-0.39, 0.29) is 17.7 Å². The van der Waals surface area contributed by atoms with Crippen molar-refractivity contribution in [2.24, 2.45) is 11.8 Å². The zero-order valence-corrected chi connectivity index (χ0v) is 14.9. The lowest BCUT2D eigenvalue weighted by atomic mass is 9.89. The maximum absolute atomic E-state index is 12.8. The normalized spacial score (nSPS) is 25.3. The Morgan fingerprint density at radius 3 is 2.40 bits per heavy atom. The molecule has 0 radical (unpaired) electrons. The molecule has 1 saturated carbocycles. The number of piperidine rings is 1. The summed E-state index contributed by atoms with van der Waals surface area (Å²) in [5.74, 6) is 0.984. The molecule has 1 atom stereocenters. The van der Waals surface area contributed by atoms with Gasteiger partial charge >= 0.3 is 0 Å². The lowest BCUT2D eigenvalue weighted by Crippen LogP contribution is -2.44. The maximum Gasteiger partial charge on any atom is 0.227 e. The predicted octanol–water partition coefficient (Wildman–Crippen LogP) is 2.87. The largest absolute Gasteiger partial charge is 0.342 e. The summed E-state index contributed by atoms with van der Waals surface area (Å²) in [7, 11) is 0. The molecule has 4 rings (SSSR count). The van der Waals surface area contributed by atoms with Gasteiger partial charge < -0.3 is 9.80 Å². The molecule has 3 aliphatic rings. The molecule has 1 aromatic rings. The fraction of sp³-hybridized carbons (Fsp3) is 0.619. The number of likely N-dealkylation sites (tertiary alicyclic amines) is 2. The molecule has 3 fully saturated rings. The molecule has 2 amide bonds. The van der Waals surface area contributed by atoms with Crippen molar-refractivity contribution in [3.8, 4) is 0 Å². The third-order valence-electron chi connectivity index (χ3n) is 6.32. The van der Waals surface area contributed by atoms with Gasteiger partial charge in [0, 0.05) is 32.1 Å². The second-order valence-corrected chi connectivity index (χ2v) is 7.99. The van der Waals surface area contributed by atoms with Crippen LogP contribution < -0.4 is 0 Å². The predicted molar refractivity (Wildman–Crippen MR) is 96.9 cm³/mol. The standard InChI is InChI=1S/C21H28N2O2/c24-20-14-18(15-23(20)19-7-4-8-19)21(25)22-11-9-17(10-12-22)13-16-5-2-1-3-6-16/h1-3,5-6,17-19H,4,7-15H2. The Bertz CT molecular complexity index is 618. The summed E-state index contributed by atoms with van der Waals surface area (Å²) < 4.78 is 0. The summed E-state index contributed by atoms with van der Waals surface area (Å²) in [6.45, 7) is 2.36. The van der Waals surface area contributed by atoms with E-state index in [1.165, 1.54) is 12.0 Å². The maximum atomic E-state index is 12.8. The van der Waals surface area contributed by atoms with E-state index >= 15 is 0 Å². The SMILES string of the molecule is O=C(C1CC(=O)N(C2CCC2)C1)N1CCC(Cc2ccccc2)CC1. The van der Waals surface area contributed by atoms with Crippen LogP contribution in [0, 0.1) is 11.8 Å². The first-order chi connectivity index (χ1) is 12.2. The highest BCUT2D eigenvalue weighted by atomic mass is 16.2. The molecule has 0 bridgehead atoms. The zero-order valence-electron chi connectivity index (χ0n) is 14.9. The first kappa shape index (κ1) is 16.6. The Morgan fingerprint density at radius 1 is 1.04 bits per heavy atom. The minimum Gasteiger partial charge on any atom is -0.342 e. The van der Waals surface area contributed by atoms with Gasteiger partial charge in [-0.1, -0.05) is 30.3 Å². The van der Waals surface area contributed by atoms with Crippen LogP contribution in [-0.4, -0.2) is 47.3 Å². The van der Waals surface area contributed by atoms with Gasteiger partial charge in [-0.15, -0.1) is 0 Å². The minimum atomic E-state index is -0.0984. The van der Waals surface area contributed by atoms with E-state index in [0.29, 0.717) is 24.9 Å². The number of carbonyl (C=O) groups is 2. The Kier molecular flexibility index (Phi) is 4.78. The number of nitrogens with zero attached hydrogens (tertiary/aromatic N) is 2. The van der Waals surface area contributed by atoms with E-state index in [4.69, 9.17) is 0 Å². The molecule has 4 heteroatoms. The van der Waals surface area contributed by atoms with Gasteiger partial charge in [0.25, 0.3) is 0 Å². The van der Waals surface area contributed by atoms with Crippen molar-refractivity contribution in [1.29, 1.82) is 0 Å². The van der Waals surface area contributed by atoms with Crippen LogP contribution in [0.15, 0.2) is 30.3 Å². The molecular weight excluding hydrogens is 312 g/mol. The molecule has 1 aromatic carbocycles. The van der Waals surface area contributed by atoms with Crippen LogP contribution in [-0.2, 0) is 16.0 Å². The minimum absolute atomic E-state index is 0.0984. The molecule has 2 heterocycles. The topological polar surface area (TPSA) is 40.6 Å². The molecule has 0 aromatic heterocycles. The van der Waals surface area contributed by atoms with E-state index in [0.717, 1.165) is 45.2 Å². The summed E-state index contributed by atoms with van der Waals surface area (Å²) in [6.07, 6.45) is 7.16. The van der Waals surface area contributed by atoms with Crippen LogP contribution in [0.25, 0.3) is 0 Å². The summed E-state index contributed by atoms with van der Waals surface area (Å²) in [5.41, 5.74) is 1.39. The van der Waals surface area contributed by atoms with Gasteiger partial charge in [0.1, 0.15) is 0 Å². The van der Waals surface area contributed by atoms with Crippen molar-refractivity contribution in [2.75, 3.05) is 19.6 Å². The van der Waals surface area contributed by atoms with E-state index < -0.39 is 0 Å². The van der Waals surface area contributed by atoms with Gasteiger partial charge in [0.2, 0.25) is 11.8 Å². The fourth-order valence-corrected chi connectivity index (χ4v) is 4.51. The van der Waals surface area contributed by atoms with Gasteiger partial charge in [-0.25, -0.2) is 0 Å². The molecule has 0 spiro atoms. The van der Waals surface area contributed by atoms with Crippen LogP contribution >= 0.6 is 0 Å². The highest BCUT2D eigenvalue weighted by Crippen LogP contribution is 2.32. The van der Waals surface area contributed by atoms with Crippen molar-refractivity contribution in [2.45, 2.75) is 51.0 Å². The number of benzene rings is 1. The molecule has 134 valence electrons. The van der Waals surface area contributed by atoms with Crippen LogP contribution in [0.1, 0.15) is 44.1 Å². The third-order valence-corrected chi connectivity index (χ3v) is 6.32. The average molecular weight is 340 g/mol. The highest BCUT2D eigenvalue weighted by Gasteiger charge is 2.41. The Balaban J connectivity index is 1.27. The third kappa shape index (κ3) is 3.58. The van der Waals surface area contributed by atoms with E-state index in [2.05, 4.69) is 30.3 Å². The number of carbonyl (C=O) groups excluding carboxylic acids is 2. The van der Waals surface area contributed by atoms with E-state index in [9.17, 15) is 9.59 Å². The molecule has 2 aliphatic heterocycles.